The van der Waals surface area contributed by atoms with Gasteiger partial charge >= 0.3 is 6.03 Å². The summed E-state index contributed by atoms with van der Waals surface area (Å²) in [4.78, 5) is 11.2. The fraction of sp³-hybridized carbons (Fsp3) is 0.222. The lowest BCUT2D eigenvalue weighted by Crippen LogP contribution is -2.43. The number of halogens is 1. The number of sulfonamides is 1. The van der Waals surface area contributed by atoms with Crippen molar-refractivity contribution in [1.82, 2.24) is 4.31 Å². The first-order valence-electron chi connectivity index (χ1n) is 4.60. The second-order valence-corrected chi connectivity index (χ2v) is 5.04. The fourth-order valence-electron chi connectivity index (χ4n) is 1.55. The van der Waals surface area contributed by atoms with Gasteiger partial charge in [0.05, 0.1) is 5.69 Å². The van der Waals surface area contributed by atoms with Crippen LogP contribution < -0.4 is 5.32 Å². The van der Waals surface area contributed by atoms with Crippen molar-refractivity contribution < 1.29 is 17.6 Å². The number of anilines is 1. The number of amides is 2. The van der Waals surface area contributed by atoms with Gasteiger partial charge in [0.25, 0.3) is 10.0 Å². The molecule has 0 bridgehead atoms. The van der Waals surface area contributed by atoms with E-state index in [1.807, 2.05) is 0 Å². The second kappa shape index (κ2) is 3.44. The van der Waals surface area contributed by atoms with E-state index in [0.29, 0.717) is 4.31 Å². The van der Waals surface area contributed by atoms with E-state index in [-0.39, 0.29) is 17.1 Å². The highest BCUT2D eigenvalue weighted by atomic mass is 32.2. The second-order valence-electron chi connectivity index (χ2n) is 3.21. The Kier molecular flexibility index (Phi) is 2.34. The molecule has 0 spiro atoms. The Morgan fingerprint density at radius 3 is 2.75 bits per heavy atom. The van der Waals surface area contributed by atoms with Crippen LogP contribution in [0.1, 0.15) is 6.92 Å². The summed E-state index contributed by atoms with van der Waals surface area (Å²) >= 11 is 0. The van der Waals surface area contributed by atoms with Crippen LogP contribution in [0.4, 0.5) is 14.9 Å². The van der Waals surface area contributed by atoms with Gasteiger partial charge in [0.15, 0.2) is 0 Å². The van der Waals surface area contributed by atoms with Gasteiger partial charge in [-0.25, -0.2) is 21.9 Å². The molecule has 86 valence electrons. The fourth-order valence-corrected chi connectivity index (χ4v) is 3.05. The quantitative estimate of drug-likeness (QED) is 0.811. The standard InChI is InChI=1S/C9H9FN2O3S/c1-2-12-9(13)11-8-6(10)4-3-5-7(8)16(12,14)15/h3-5H,2H2,1H3,(H,11,13). The van der Waals surface area contributed by atoms with Gasteiger partial charge in [-0.15, -0.1) is 0 Å². The number of carbonyl (C=O) groups excluding carboxylic acids is 1. The maximum Gasteiger partial charge on any atom is 0.335 e. The lowest BCUT2D eigenvalue weighted by Gasteiger charge is -2.27. The molecule has 1 heterocycles. The maximum atomic E-state index is 13.3. The third-order valence-electron chi connectivity index (χ3n) is 2.29. The molecule has 0 aromatic heterocycles. The minimum absolute atomic E-state index is 0.00409. The van der Waals surface area contributed by atoms with Gasteiger partial charge in [-0.1, -0.05) is 6.07 Å². The molecule has 16 heavy (non-hydrogen) atoms. The largest absolute Gasteiger partial charge is 0.335 e. The molecule has 2 amide bonds. The zero-order valence-corrected chi connectivity index (χ0v) is 9.21. The van der Waals surface area contributed by atoms with Crippen molar-refractivity contribution in [3.05, 3.63) is 24.0 Å². The zero-order valence-electron chi connectivity index (χ0n) is 8.40. The Morgan fingerprint density at radius 1 is 1.44 bits per heavy atom. The Morgan fingerprint density at radius 2 is 2.12 bits per heavy atom. The Labute approximate surface area is 91.9 Å². The maximum absolute atomic E-state index is 13.3. The molecule has 0 aliphatic carbocycles. The molecule has 5 nitrogen and oxygen atoms in total. The van der Waals surface area contributed by atoms with Crippen LogP contribution in [0.2, 0.25) is 0 Å². The summed E-state index contributed by atoms with van der Waals surface area (Å²) in [5.74, 6) is -0.759. The summed E-state index contributed by atoms with van der Waals surface area (Å²) in [5.41, 5.74) is -0.280. The molecule has 2 rings (SSSR count). The summed E-state index contributed by atoms with van der Waals surface area (Å²) in [7, 11) is -3.92. The third kappa shape index (κ3) is 1.35. The number of nitrogens with one attached hydrogen (secondary N) is 1. The van der Waals surface area contributed by atoms with Crippen LogP contribution in [0.15, 0.2) is 23.1 Å². The van der Waals surface area contributed by atoms with E-state index in [1.165, 1.54) is 19.1 Å². The monoisotopic (exact) mass is 244 g/mol. The molecule has 1 N–H and O–H groups in total. The van der Waals surface area contributed by atoms with Gasteiger partial charge in [-0.05, 0) is 19.1 Å². The highest BCUT2D eigenvalue weighted by Crippen LogP contribution is 2.31. The molecule has 1 aromatic carbocycles. The molecule has 1 aliphatic heterocycles. The summed E-state index contributed by atoms with van der Waals surface area (Å²) in [6, 6.07) is 2.81. The van der Waals surface area contributed by atoms with E-state index in [4.69, 9.17) is 0 Å². The Hall–Kier alpha value is -1.63. The lowest BCUT2D eigenvalue weighted by molar-refractivity contribution is 0.236. The lowest BCUT2D eigenvalue weighted by atomic mass is 10.3. The highest BCUT2D eigenvalue weighted by molar-refractivity contribution is 7.90. The predicted octanol–water partition coefficient (Wildman–Crippen LogP) is 1.38. The van der Waals surface area contributed by atoms with Crippen molar-refractivity contribution in [3.8, 4) is 0 Å². The zero-order chi connectivity index (χ0) is 11.9. The van der Waals surface area contributed by atoms with Gasteiger partial charge in [0.2, 0.25) is 0 Å². The minimum atomic E-state index is -3.92. The number of nitrogens with zero attached hydrogens (tertiary/aromatic N) is 1. The minimum Gasteiger partial charge on any atom is -0.303 e. The summed E-state index contributed by atoms with van der Waals surface area (Å²) in [6.45, 7) is 1.53. The Balaban J connectivity index is 2.72. The molecule has 0 unspecified atom stereocenters. The summed E-state index contributed by atoms with van der Waals surface area (Å²) in [6.07, 6.45) is 0. The van der Waals surface area contributed by atoms with Gasteiger partial charge in [-0.3, -0.25) is 0 Å². The van der Waals surface area contributed by atoms with E-state index in [2.05, 4.69) is 5.32 Å². The molecule has 0 radical (unpaired) electrons. The van der Waals surface area contributed by atoms with E-state index < -0.39 is 21.9 Å². The van der Waals surface area contributed by atoms with Crippen LogP contribution in [-0.4, -0.2) is 25.3 Å². The molecule has 0 fully saturated rings. The molecule has 0 saturated heterocycles. The van der Waals surface area contributed by atoms with Gasteiger partial charge in [-0.2, -0.15) is 0 Å². The third-order valence-corrected chi connectivity index (χ3v) is 4.19. The van der Waals surface area contributed by atoms with Crippen molar-refractivity contribution in [2.75, 3.05) is 11.9 Å². The molecule has 7 heteroatoms. The normalized spacial score (nSPS) is 17.9. The smallest absolute Gasteiger partial charge is 0.303 e. The number of urea groups is 1. The molecule has 1 aliphatic rings. The van der Waals surface area contributed by atoms with Crippen molar-refractivity contribution in [2.24, 2.45) is 0 Å². The molecule has 0 saturated carbocycles. The molecule has 1 aromatic rings. The molecular formula is C9H9FN2O3S. The van der Waals surface area contributed by atoms with Crippen molar-refractivity contribution in [2.45, 2.75) is 11.8 Å². The first-order chi connectivity index (χ1) is 7.48. The topological polar surface area (TPSA) is 66.5 Å². The van der Waals surface area contributed by atoms with Crippen LogP contribution in [0.25, 0.3) is 0 Å². The summed E-state index contributed by atoms with van der Waals surface area (Å²) in [5, 5.41) is 2.22. The van der Waals surface area contributed by atoms with Gasteiger partial charge < -0.3 is 5.32 Å². The summed E-state index contributed by atoms with van der Waals surface area (Å²) < 4.78 is 37.8. The first kappa shape index (κ1) is 10.9. The van der Waals surface area contributed by atoms with Crippen LogP contribution in [-0.2, 0) is 10.0 Å². The van der Waals surface area contributed by atoms with Crippen molar-refractivity contribution >= 4 is 21.7 Å². The van der Waals surface area contributed by atoms with E-state index in [9.17, 15) is 17.6 Å². The van der Waals surface area contributed by atoms with Gasteiger partial charge in [0, 0.05) is 6.54 Å². The average molecular weight is 244 g/mol. The number of hydrogen-bond acceptors (Lipinski definition) is 3. The average Bonchev–Trinajstić information content (AvgIpc) is 2.20. The van der Waals surface area contributed by atoms with Crippen LogP contribution in [0, 0.1) is 5.82 Å². The number of benzene rings is 1. The number of para-hydroxylation sites is 1. The van der Waals surface area contributed by atoms with Crippen molar-refractivity contribution in [3.63, 3.8) is 0 Å². The highest BCUT2D eigenvalue weighted by Gasteiger charge is 2.36. The van der Waals surface area contributed by atoms with E-state index in [0.717, 1.165) is 6.07 Å². The number of carbonyl (C=O) groups is 1. The van der Waals surface area contributed by atoms with Crippen LogP contribution in [0.5, 0.6) is 0 Å². The van der Waals surface area contributed by atoms with E-state index >= 15 is 0 Å². The van der Waals surface area contributed by atoms with Crippen LogP contribution in [0.3, 0.4) is 0 Å². The SMILES string of the molecule is CCN1C(=O)Nc2c(F)cccc2S1(=O)=O. The molecule has 0 atom stereocenters. The van der Waals surface area contributed by atoms with E-state index in [1.54, 1.807) is 0 Å². The number of hydrogen-bond donors (Lipinski definition) is 1. The Bertz CT molecular complexity index is 556. The number of rotatable bonds is 1. The van der Waals surface area contributed by atoms with Crippen LogP contribution >= 0.6 is 0 Å². The first-order valence-corrected chi connectivity index (χ1v) is 6.04. The predicted molar refractivity (Wildman–Crippen MR) is 55.0 cm³/mol. The number of fused-ring (bicyclic) bond motifs is 1. The van der Waals surface area contributed by atoms with Crippen molar-refractivity contribution in [1.29, 1.82) is 0 Å². The molecular weight excluding hydrogens is 235 g/mol. The van der Waals surface area contributed by atoms with Gasteiger partial charge in [0.1, 0.15) is 10.7 Å².